The highest BCUT2D eigenvalue weighted by molar-refractivity contribution is 7.16. The highest BCUT2D eigenvalue weighted by atomic mass is 32.1. The lowest BCUT2D eigenvalue weighted by Crippen LogP contribution is -2.37. The molecule has 148 valence electrons. The zero-order chi connectivity index (χ0) is 19.6. The molecule has 0 saturated heterocycles. The van der Waals surface area contributed by atoms with E-state index in [1.54, 1.807) is 0 Å². The molecule has 2 fully saturated rings. The summed E-state index contributed by atoms with van der Waals surface area (Å²) in [6, 6.07) is 0.204. The number of thiophene rings is 1. The zero-order valence-corrected chi connectivity index (χ0v) is 16.8. The highest BCUT2D eigenvalue weighted by Crippen LogP contribution is 2.36. The van der Waals surface area contributed by atoms with Crippen molar-refractivity contribution >= 4 is 34.1 Å². The molecule has 27 heavy (non-hydrogen) atoms. The highest BCUT2D eigenvalue weighted by Gasteiger charge is 2.36. The molecule has 3 N–H and O–H groups in total. The van der Waals surface area contributed by atoms with E-state index in [0.29, 0.717) is 23.4 Å². The summed E-state index contributed by atoms with van der Waals surface area (Å²) in [4.78, 5) is 38.2. The average Bonchev–Trinajstić information content (AvgIpc) is 3.23. The lowest BCUT2D eigenvalue weighted by Gasteiger charge is -2.27. The van der Waals surface area contributed by atoms with Crippen LogP contribution in [0.3, 0.4) is 0 Å². The molecule has 2 aliphatic carbocycles. The van der Waals surface area contributed by atoms with Crippen molar-refractivity contribution in [1.82, 2.24) is 5.32 Å². The molecule has 0 aromatic carbocycles. The molecule has 0 unspecified atom stereocenters. The van der Waals surface area contributed by atoms with E-state index < -0.39 is 17.8 Å². The van der Waals surface area contributed by atoms with Crippen LogP contribution < -0.4 is 10.6 Å². The molecule has 0 aliphatic heterocycles. The van der Waals surface area contributed by atoms with E-state index in [2.05, 4.69) is 10.6 Å². The van der Waals surface area contributed by atoms with E-state index in [9.17, 15) is 19.5 Å². The van der Waals surface area contributed by atoms with Gasteiger partial charge in [0.1, 0.15) is 5.00 Å². The monoisotopic (exact) mass is 392 g/mol. The number of aryl methyl sites for hydroxylation is 1. The minimum atomic E-state index is -0.910. The van der Waals surface area contributed by atoms with Gasteiger partial charge in [-0.05, 0) is 45.1 Å². The maximum Gasteiger partial charge on any atom is 0.307 e. The molecule has 2 aliphatic rings. The van der Waals surface area contributed by atoms with Crippen LogP contribution in [0.15, 0.2) is 0 Å². The predicted octanol–water partition coefficient (Wildman–Crippen LogP) is 3.87. The Labute approximate surface area is 163 Å². The van der Waals surface area contributed by atoms with Gasteiger partial charge in [-0.3, -0.25) is 14.4 Å². The molecule has 2 amide bonds. The number of carboxylic acid groups (broad SMARTS) is 1. The van der Waals surface area contributed by atoms with Crippen LogP contribution in [0.25, 0.3) is 0 Å². The summed E-state index contributed by atoms with van der Waals surface area (Å²) < 4.78 is 0. The van der Waals surface area contributed by atoms with Gasteiger partial charge in [0.25, 0.3) is 5.91 Å². The number of anilines is 1. The fourth-order valence-corrected chi connectivity index (χ4v) is 5.32. The first kappa shape index (κ1) is 19.9. The molecule has 3 rings (SSSR count). The normalized spacial score (nSPS) is 23.2. The molecule has 0 radical (unpaired) electrons. The van der Waals surface area contributed by atoms with Gasteiger partial charge in [0.15, 0.2) is 0 Å². The van der Waals surface area contributed by atoms with Gasteiger partial charge in [-0.25, -0.2) is 0 Å². The first-order valence-corrected chi connectivity index (χ1v) is 10.6. The predicted molar refractivity (Wildman–Crippen MR) is 105 cm³/mol. The zero-order valence-electron chi connectivity index (χ0n) is 16.0. The van der Waals surface area contributed by atoms with Gasteiger partial charge >= 0.3 is 5.97 Å². The summed E-state index contributed by atoms with van der Waals surface area (Å²) in [5, 5.41) is 16.0. The van der Waals surface area contributed by atoms with E-state index in [1.165, 1.54) is 11.3 Å². The molecule has 1 aromatic heterocycles. The molecule has 6 nitrogen and oxygen atoms in total. The third-order valence-electron chi connectivity index (χ3n) is 5.96. The largest absolute Gasteiger partial charge is 0.481 e. The minimum absolute atomic E-state index is 0.141. The van der Waals surface area contributed by atoms with Gasteiger partial charge in [-0.2, -0.15) is 0 Å². The molecule has 2 atom stereocenters. The van der Waals surface area contributed by atoms with Crippen LogP contribution >= 0.6 is 11.3 Å². The summed E-state index contributed by atoms with van der Waals surface area (Å²) >= 11 is 1.39. The molecule has 1 heterocycles. The molecular formula is C20H28N2O4S. The van der Waals surface area contributed by atoms with E-state index in [0.717, 1.165) is 49.0 Å². The molecular weight excluding hydrogens is 364 g/mol. The maximum absolute atomic E-state index is 12.8. The minimum Gasteiger partial charge on any atom is -0.481 e. The Bertz CT molecular complexity index is 737. The van der Waals surface area contributed by atoms with Crippen molar-refractivity contribution in [3.63, 3.8) is 0 Å². The van der Waals surface area contributed by atoms with Crippen LogP contribution in [0.4, 0.5) is 5.00 Å². The first-order chi connectivity index (χ1) is 12.9. The second-order valence-electron chi connectivity index (χ2n) is 7.77. The third kappa shape index (κ3) is 4.34. The number of carbonyl (C=O) groups is 3. The number of aliphatic carboxylic acids is 1. The Morgan fingerprint density at radius 1 is 0.963 bits per heavy atom. The first-order valence-electron chi connectivity index (χ1n) is 9.83. The second-order valence-corrected chi connectivity index (χ2v) is 8.99. The lowest BCUT2D eigenvalue weighted by molar-refractivity contribution is -0.147. The SMILES string of the molecule is Cc1sc(NC(=O)[C@H]2CCCC[C@@H]2C(=O)O)c(C(=O)NC2CCCC2)c1C. The number of carboxylic acids is 1. The number of carbonyl (C=O) groups excluding carboxylic acids is 2. The van der Waals surface area contributed by atoms with Crippen LogP contribution in [0, 0.1) is 25.7 Å². The van der Waals surface area contributed by atoms with Crippen molar-refractivity contribution in [1.29, 1.82) is 0 Å². The molecule has 0 spiro atoms. The summed E-state index contributed by atoms with van der Waals surface area (Å²) in [6.45, 7) is 3.83. The van der Waals surface area contributed by atoms with Crippen LogP contribution in [0.5, 0.6) is 0 Å². The summed E-state index contributed by atoms with van der Waals surface area (Å²) in [6.07, 6.45) is 7.08. The van der Waals surface area contributed by atoms with Gasteiger partial charge in [-0.15, -0.1) is 11.3 Å². The van der Waals surface area contributed by atoms with E-state index in [1.807, 2.05) is 13.8 Å². The Hall–Kier alpha value is -1.89. The van der Waals surface area contributed by atoms with Gasteiger partial charge < -0.3 is 15.7 Å². The number of amides is 2. The Morgan fingerprint density at radius 2 is 1.56 bits per heavy atom. The van der Waals surface area contributed by atoms with Crippen molar-refractivity contribution in [3.05, 3.63) is 16.0 Å². The van der Waals surface area contributed by atoms with Crippen LogP contribution in [-0.4, -0.2) is 28.9 Å². The maximum atomic E-state index is 12.8. The quantitative estimate of drug-likeness (QED) is 0.709. The van der Waals surface area contributed by atoms with Crippen molar-refractivity contribution < 1.29 is 19.5 Å². The fourth-order valence-electron chi connectivity index (χ4n) is 4.26. The molecule has 0 bridgehead atoms. The molecule has 7 heteroatoms. The standard InChI is InChI=1S/C20H28N2O4S/c1-11-12(2)27-19(16(11)18(24)21-13-7-3-4-8-13)22-17(23)14-9-5-6-10-15(14)20(25)26/h13-15H,3-10H2,1-2H3,(H,21,24)(H,22,23)(H,25,26)/t14-,15-/m0/s1. The third-order valence-corrected chi connectivity index (χ3v) is 7.08. The van der Waals surface area contributed by atoms with Crippen molar-refractivity contribution in [2.75, 3.05) is 5.32 Å². The van der Waals surface area contributed by atoms with Crippen molar-refractivity contribution in [3.8, 4) is 0 Å². The van der Waals surface area contributed by atoms with E-state index >= 15 is 0 Å². The van der Waals surface area contributed by atoms with Gasteiger partial charge in [0.2, 0.25) is 5.91 Å². The van der Waals surface area contributed by atoms with Crippen molar-refractivity contribution in [2.24, 2.45) is 11.8 Å². The Balaban J connectivity index is 1.77. The fraction of sp³-hybridized carbons (Fsp3) is 0.650. The smallest absolute Gasteiger partial charge is 0.307 e. The van der Waals surface area contributed by atoms with Crippen LogP contribution in [0.2, 0.25) is 0 Å². The summed E-state index contributed by atoms with van der Waals surface area (Å²) in [7, 11) is 0. The summed E-state index contributed by atoms with van der Waals surface area (Å²) in [5.74, 6) is -2.51. The number of hydrogen-bond acceptors (Lipinski definition) is 4. The van der Waals surface area contributed by atoms with E-state index in [-0.39, 0.29) is 17.9 Å². The van der Waals surface area contributed by atoms with E-state index in [4.69, 9.17) is 0 Å². The number of nitrogens with one attached hydrogen (secondary N) is 2. The number of hydrogen-bond donors (Lipinski definition) is 3. The van der Waals surface area contributed by atoms with Gasteiger partial charge in [0, 0.05) is 10.9 Å². The Morgan fingerprint density at radius 3 is 2.19 bits per heavy atom. The average molecular weight is 393 g/mol. The second kappa shape index (κ2) is 8.42. The van der Waals surface area contributed by atoms with Gasteiger partial charge in [-0.1, -0.05) is 25.7 Å². The Kier molecular flexibility index (Phi) is 6.19. The molecule has 2 saturated carbocycles. The summed E-state index contributed by atoms with van der Waals surface area (Å²) in [5.41, 5.74) is 1.41. The van der Waals surface area contributed by atoms with Crippen LogP contribution in [-0.2, 0) is 9.59 Å². The topological polar surface area (TPSA) is 95.5 Å². The van der Waals surface area contributed by atoms with Crippen molar-refractivity contribution in [2.45, 2.75) is 71.3 Å². The van der Waals surface area contributed by atoms with Crippen LogP contribution in [0.1, 0.15) is 72.2 Å². The lowest BCUT2D eigenvalue weighted by atomic mass is 9.79. The molecule has 1 aromatic rings. The van der Waals surface area contributed by atoms with Gasteiger partial charge in [0.05, 0.1) is 17.4 Å². The number of rotatable bonds is 5.